The molecule has 4 heteroatoms. The quantitative estimate of drug-likeness (QED) is 0.607. The molecule has 1 unspecified atom stereocenters. The zero-order chi connectivity index (χ0) is 19.9. The molecule has 0 saturated carbocycles. The van der Waals surface area contributed by atoms with Crippen molar-refractivity contribution in [1.29, 1.82) is 0 Å². The summed E-state index contributed by atoms with van der Waals surface area (Å²) in [4.78, 5) is 0. The van der Waals surface area contributed by atoms with E-state index in [2.05, 4.69) is 49.5 Å². The molecule has 1 atom stereocenters. The van der Waals surface area contributed by atoms with Crippen molar-refractivity contribution in [2.24, 2.45) is 5.73 Å². The highest BCUT2D eigenvalue weighted by Crippen LogP contribution is 2.26. The van der Waals surface area contributed by atoms with Crippen LogP contribution in [0.3, 0.4) is 0 Å². The van der Waals surface area contributed by atoms with Gasteiger partial charge in [0.1, 0.15) is 18.1 Å². The maximum Gasteiger partial charge on any atom is 0.125 e. The molecular formula is C23H34N2O2. The Balaban J connectivity index is 2.01. The normalized spacial score (nSPS) is 12.7. The molecule has 2 aromatic rings. The van der Waals surface area contributed by atoms with E-state index in [1.54, 1.807) is 7.11 Å². The predicted molar refractivity (Wildman–Crippen MR) is 112 cm³/mol. The molecule has 3 N–H and O–H groups in total. The van der Waals surface area contributed by atoms with Gasteiger partial charge in [-0.15, -0.1) is 0 Å². The lowest BCUT2D eigenvalue weighted by molar-refractivity contribution is 0.302. The van der Waals surface area contributed by atoms with Crippen LogP contribution in [0.4, 0.5) is 0 Å². The highest BCUT2D eigenvalue weighted by atomic mass is 16.5. The SMILES string of the molecule is CCCc1cccc(COc2ccc(CC(C)NC(C)(C)N)c(OC)c2)c1. The van der Waals surface area contributed by atoms with E-state index < -0.39 is 5.66 Å². The van der Waals surface area contributed by atoms with Crippen molar-refractivity contribution in [3.63, 3.8) is 0 Å². The zero-order valence-electron chi connectivity index (χ0n) is 17.3. The van der Waals surface area contributed by atoms with Gasteiger partial charge in [-0.2, -0.15) is 0 Å². The Kier molecular flexibility index (Phi) is 7.69. The summed E-state index contributed by atoms with van der Waals surface area (Å²) in [5, 5.41) is 3.39. The van der Waals surface area contributed by atoms with Crippen LogP contribution in [0.25, 0.3) is 0 Å². The van der Waals surface area contributed by atoms with Crippen molar-refractivity contribution in [1.82, 2.24) is 5.32 Å². The van der Waals surface area contributed by atoms with Gasteiger partial charge in [0.25, 0.3) is 0 Å². The number of benzene rings is 2. The summed E-state index contributed by atoms with van der Waals surface area (Å²) in [5.74, 6) is 1.66. The van der Waals surface area contributed by atoms with Gasteiger partial charge in [0, 0.05) is 12.1 Å². The summed E-state index contributed by atoms with van der Waals surface area (Å²) in [7, 11) is 1.70. The van der Waals surface area contributed by atoms with Crippen molar-refractivity contribution < 1.29 is 9.47 Å². The van der Waals surface area contributed by atoms with E-state index in [1.165, 1.54) is 11.1 Å². The zero-order valence-corrected chi connectivity index (χ0v) is 17.3. The fourth-order valence-electron chi connectivity index (χ4n) is 3.33. The minimum atomic E-state index is -0.401. The first-order valence-electron chi connectivity index (χ1n) is 9.75. The van der Waals surface area contributed by atoms with Crippen molar-refractivity contribution in [3.8, 4) is 11.5 Å². The van der Waals surface area contributed by atoms with Crippen molar-refractivity contribution in [2.75, 3.05) is 7.11 Å². The molecular weight excluding hydrogens is 336 g/mol. The van der Waals surface area contributed by atoms with Crippen LogP contribution in [-0.2, 0) is 19.4 Å². The molecule has 0 aliphatic carbocycles. The van der Waals surface area contributed by atoms with Gasteiger partial charge in [0.2, 0.25) is 0 Å². The van der Waals surface area contributed by atoms with Gasteiger partial charge in [-0.1, -0.05) is 43.7 Å². The van der Waals surface area contributed by atoms with Crippen molar-refractivity contribution in [3.05, 3.63) is 59.2 Å². The first-order valence-corrected chi connectivity index (χ1v) is 9.75. The number of rotatable bonds is 10. The van der Waals surface area contributed by atoms with Gasteiger partial charge in [-0.25, -0.2) is 0 Å². The van der Waals surface area contributed by atoms with Gasteiger partial charge < -0.3 is 15.2 Å². The second-order valence-electron chi connectivity index (χ2n) is 7.80. The molecule has 0 aliphatic heterocycles. The van der Waals surface area contributed by atoms with Crippen LogP contribution in [0.5, 0.6) is 11.5 Å². The second-order valence-corrected chi connectivity index (χ2v) is 7.80. The summed E-state index contributed by atoms with van der Waals surface area (Å²) in [6, 6.07) is 14.9. The average Bonchev–Trinajstić information content (AvgIpc) is 2.60. The van der Waals surface area contributed by atoms with E-state index in [1.807, 2.05) is 26.0 Å². The molecule has 0 bridgehead atoms. The van der Waals surface area contributed by atoms with Crippen LogP contribution in [0, 0.1) is 0 Å². The predicted octanol–water partition coefficient (Wildman–Crippen LogP) is 4.44. The average molecular weight is 371 g/mol. The molecule has 0 heterocycles. The summed E-state index contributed by atoms with van der Waals surface area (Å²) in [6.07, 6.45) is 3.09. The van der Waals surface area contributed by atoms with E-state index in [0.717, 1.165) is 36.3 Å². The molecule has 2 rings (SSSR count). The van der Waals surface area contributed by atoms with E-state index in [4.69, 9.17) is 15.2 Å². The number of methoxy groups -OCH3 is 1. The van der Waals surface area contributed by atoms with Gasteiger partial charge in [-0.3, -0.25) is 5.32 Å². The molecule has 0 fully saturated rings. The number of ether oxygens (including phenoxy) is 2. The third-order valence-corrected chi connectivity index (χ3v) is 4.34. The smallest absolute Gasteiger partial charge is 0.125 e. The molecule has 0 spiro atoms. The van der Waals surface area contributed by atoms with Gasteiger partial charge in [-0.05, 0) is 56.4 Å². The van der Waals surface area contributed by atoms with Gasteiger partial charge in [0.05, 0.1) is 12.8 Å². The Morgan fingerprint density at radius 1 is 1.11 bits per heavy atom. The Hall–Kier alpha value is -2.04. The van der Waals surface area contributed by atoms with E-state index >= 15 is 0 Å². The molecule has 4 nitrogen and oxygen atoms in total. The Bertz CT molecular complexity index is 723. The number of nitrogens with two attached hydrogens (primary N) is 1. The maximum absolute atomic E-state index is 6.05. The van der Waals surface area contributed by atoms with E-state index in [-0.39, 0.29) is 6.04 Å². The number of aryl methyl sites for hydroxylation is 1. The van der Waals surface area contributed by atoms with Gasteiger partial charge in [0.15, 0.2) is 0 Å². The van der Waals surface area contributed by atoms with Crippen LogP contribution >= 0.6 is 0 Å². The van der Waals surface area contributed by atoms with Crippen LogP contribution in [-0.4, -0.2) is 18.8 Å². The van der Waals surface area contributed by atoms with Crippen LogP contribution in [0.1, 0.15) is 50.8 Å². The molecule has 2 aromatic carbocycles. The van der Waals surface area contributed by atoms with Crippen molar-refractivity contribution >= 4 is 0 Å². The Morgan fingerprint density at radius 2 is 1.85 bits per heavy atom. The van der Waals surface area contributed by atoms with E-state index in [0.29, 0.717) is 6.61 Å². The third-order valence-electron chi connectivity index (χ3n) is 4.34. The fraction of sp³-hybridized carbons (Fsp3) is 0.478. The number of hydrogen-bond donors (Lipinski definition) is 2. The lowest BCUT2D eigenvalue weighted by Crippen LogP contribution is -2.52. The summed E-state index contributed by atoms with van der Waals surface area (Å²) in [5.41, 5.74) is 9.33. The third kappa shape index (κ3) is 7.24. The van der Waals surface area contributed by atoms with Crippen LogP contribution < -0.4 is 20.5 Å². The van der Waals surface area contributed by atoms with Gasteiger partial charge >= 0.3 is 0 Å². The topological polar surface area (TPSA) is 56.5 Å². The molecule has 0 saturated heterocycles. The van der Waals surface area contributed by atoms with Crippen molar-refractivity contribution in [2.45, 2.75) is 65.3 Å². The minimum absolute atomic E-state index is 0.243. The largest absolute Gasteiger partial charge is 0.496 e. The molecule has 0 radical (unpaired) electrons. The monoisotopic (exact) mass is 370 g/mol. The molecule has 0 aromatic heterocycles. The second kappa shape index (κ2) is 9.77. The molecule has 27 heavy (non-hydrogen) atoms. The Morgan fingerprint density at radius 3 is 2.52 bits per heavy atom. The first kappa shape index (κ1) is 21.3. The molecule has 0 amide bonds. The number of nitrogens with one attached hydrogen (secondary N) is 1. The minimum Gasteiger partial charge on any atom is -0.496 e. The lowest BCUT2D eigenvalue weighted by atomic mass is 10.0. The molecule has 148 valence electrons. The number of hydrogen-bond acceptors (Lipinski definition) is 4. The maximum atomic E-state index is 6.05. The van der Waals surface area contributed by atoms with E-state index in [9.17, 15) is 0 Å². The summed E-state index contributed by atoms with van der Waals surface area (Å²) in [6.45, 7) is 8.81. The highest BCUT2D eigenvalue weighted by molar-refractivity contribution is 5.41. The standard InChI is InChI=1S/C23H34N2O2/c1-6-8-18-9-7-10-19(14-18)16-27-21-12-11-20(22(15-21)26-5)13-17(2)25-23(3,4)24/h7,9-12,14-15,17,25H,6,8,13,16,24H2,1-5H3. The van der Waals surface area contributed by atoms with Crippen LogP contribution in [0.2, 0.25) is 0 Å². The first-order chi connectivity index (χ1) is 12.8. The van der Waals surface area contributed by atoms with Crippen LogP contribution in [0.15, 0.2) is 42.5 Å². The lowest BCUT2D eigenvalue weighted by Gasteiger charge is -2.26. The highest BCUT2D eigenvalue weighted by Gasteiger charge is 2.16. The molecule has 0 aliphatic rings. The Labute approximate surface area is 164 Å². The summed E-state index contributed by atoms with van der Waals surface area (Å²) >= 11 is 0. The fourth-order valence-corrected chi connectivity index (χ4v) is 3.33. The summed E-state index contributed by atoms with van der Waals surface area (Å²) < 4.78 is 11.6.